The third-order valence-corrected chi connectivity index (χ3v) is 15.8. The number of hydroxylamine groups is 1. The molecule has 0 fully saturated rings. The van der Waals surface area contributed by atoms with Crippen LogP contribution in [0, 0.1) is 0 Å². The quantitative estimate of drug-likeness (QED) is 0.00981. The second-order valence-corrected chi connectivity index (χ2v) is 20.9. The van der Waals surface area contributed by atoms with Crippen LogP contribution in [0.25, 0.3) is 26.5 Å². The van der Waals surface area contributed by atoms with Crippen molar-refractivity contribution in [1.82, 2.24) is 20.3 Å². The smallest absolute Gasteiger partial charge is 0.336 e. The van der Waals surface area contributed by atoms with E-state index >= 15 is 0 Å². The van der Waals surface area contributed by atoms with E-state index in [0.29, 0.717) is 29.7 Å². The van der Waals surface area contributed by atoms with Crippen LogP contribution in [0.5, 0.6) is 11.5 Å². The van der Waals surface area contributed by atoms with Crippen LogP contribution in [0.2, 0.25) is 0 Å². The van der Waals surface area contributed by atoms with Gasteiger partial charge in [0, 0.05) is 130 Å². The minimum Gasteiger partial charge on any atom is -0.478 e. The lowest BCUT2D eigenvalue weighted by atomic mass is 9.82. The molecule has 0 aromatic heterocycles. The third kappa shape index (κ3) is 11.6. The standard InChI is InChI=1S/C59H62N12O8/c60-67-64-42-23-19-40(49(34-42)65-68-61)35-71(58(75)36-17-21-41(22-18-36)63-50(72)15-3-1-2-4-16-51(73)66-78)30-25-62-57(74)39-20-24-43(59(76)77)46(33-39)52-47-31-37-11-5-7-26-69-28-9-13-44(53(37)69)55(47)79-56-45-14-10-29-70-27-8-6-12-38(54(45)70)32-48(52)56/h17-24,31-34H,1-16,25-30,35H2,(H4-,62,63,66,72,73,74,75,76,77,78)/p+1. The molecule has 0 aliphatic carbocycles. The van der Waals surface area contributed by atoms with Gasteiger partial charge in [-0.25, -0.2) is 14.9 Å². The van der Waals surface area contributed by atoms with Gasteiger partial charge in [0.1, 0.15) is 24.6 Å². The van der Waals surface area contributed by atoms with Crippen molar-refractivity contribution in [2.75, 3.05) is 49.5 Å². The number of carbonyl (C=O) groups excluding carboxylic acids is 4. The van der Waals surface area contributed by atoms with Crippen molar-refractivity contribution >= 4 is 57.9 Å². The lowest BCUT2D eigenvalue weighted by Gasteiger charge is -2.35. The topological polar surface area (TPSA) is 278 Å². The van der Waals surface area contributed by atoms with E-state index in [2.05, 4.69) is 52.3 Å². The third-order valence-electron chi connectivity index (χ3n) is 15.8. The van der Waals surface area contributed by atoms with Crippen LogP contribution >= 0.6 is 0 Å². The van der Waals surface area contributed by atoms with Crippen molar-refractivity contribution in [3.05, 3.63) is 160 Å². The molecule has 10 rings (SSSR count). The molecule has 0 atom stereocenters. The Morgan fingerprint density at radius 1 is 0.722 bits per heavy atom. The van der Waals surface area contributed by atoms with E-state index in [1.807, 2.05) is 0 Å². The maximum Gasteiger partial charge on any atom is 0.336 e. The maximum absolute atomic E-state index is 14.5. The van der Waals surface area contributed by atoms with E-state index in [1.165, 1.54) is 51.3 Å². The van der Waals surface area contributed by atoms with Crippen LogP contribution < -0.4 is 40.9 Å². The SMILES string of the molecule is [N-]=[N+]=Nc1ccc(CN(CCNC(=O)c2ccc(C(=O)O)c(C3=c4cc5c6c(c4Oc4c3cc3c7c4CCCN7CCCC3)CCC[N+]=6CCCC5)c2)C(=O)c2ccc(NC(=O)CCCCCCC(=O)NO)cc2)c(N=[N+]=[N-])c1. The number of amides is 4. The number of nitrogens with one attached hydrogen (secondary N) is 3. The Hall–Kier alpha value is -8.70. The molecule has 5 aliphatic rings. The van der Waals surface area contributed by atoms with Gasteiger partial charge in [0.15, 0.2) is 0 Å². The first-order valence-corrected chi connectivity index (χ1v) is 27.5. The molecule has 5 heterocycles. The first kappa shape index (κ1) is 53.7. The molecule has 5 aromatic carbocycles. The molecule has 5 N–H and O–H groups in total. The molecule has 406 valence electrons. The lowest BCUT2D eigenvalue weighted by Crippen LogP contribution is -2.41. The highest BCUT2D eigenvalue weighted by molar-refractivity contribution is 6.03. The first-order valence-electron chi connectivity index (χ1n) is 27.5. The zero-order valence-corrected chi connectivity index (χ0v) is 44.1. The second kappa shape index (κ2) is 24.3. The number of ether oxygens (including phenoxy) is 1. The van der Waals surface area contributed by atoms with Crippen LogP contribution in [0.15, 0.2) is 83.0 Å². The van der Waals surface area contributed by atoms with Gasteiger partial charge in [-0.3, -0.25) is 24.4 Å². The summed E-state index contributed by atoms with van der Waals surface area (Å²) in [5.41, 5.74) is 30.0. The number of benzene rings is 5. The molecular formula is C59H63N12O8+. The number of hydrogen-bond acceptors (Lipinski definition) is 10. The van der Waals surface area contributed by atoms with Crippen LogP contribution in [0.3, 0.4) is 0 Å². The fraction of sp³-hybridized carbons (Fsp3) is 0.390. The Kier molecular flexibility index (Phi) is 16.5. The number of carboxylic acid groups (broad SMARTS) is 1. The highest BCUT2D eigenvalue weighted by atomic mass is 16.5. The molecule has 4 amide bonds. The molecule has 0 bridgehead atoms. The van der Waals surface area contributed by atoms with Crippen molar-refractivity contribution in [3.8, 4) is 11.5 Å². The number of anilines is 2. The number of nitrogens with zero attached hydrogens (tertiary/aromatic N) is 9. The Labute approximate surface area is 456 Å². The average molecular weight is 1070 g/mol. The summed E-state index contributed by atoms with van der Waals surface area (Å²) in [5.74, 6) is -1.16. The summed E-state index contributed by atoms with van der Waals surface area (Å²) in [4.78, 5) is 76.3. The zero-order chi connectivity index (χ0) is 55.0. The van der Waals surface area contributed by atoms with Gasteiger partial charge in [-0.05, 0) is 153 Å². The summed E-state index contributed by atoms with van der Waals surface area (Å²) in [6, 6.07) is 20.1. The van der Waals surface area contributed by atoms with Crippen molar-refractivity contribution < 1.29 is 39.0 Å². The average Bonchev–Trinajstić information content (AvgIpc) is 3.96. The van der Waals surface area contributed by atoms with Gasteiger partial charge in [-0.1, -0.05) is 35.2 Å². The Morgan fingerprint density at radius 2 is 1.46 bits per heavy atom. The molecule has 0 saturated carbocycles. The molecule has 5 aliphatic heterocycles. The summed E-state index contributed by atoms with van der Waals surface area (Å²) >= 11 is 0. The maximum atomic E-state index is 14.5. The van der Waals surface area contributed by atoms with Gasteiger partial charge in [-0.15, -0.1) is 0 Å². The van der Waals surface area contributed by atoms with E-state index in [4.69, 9.17) is 15.5 Å². The van der Waals surface area contributed by atoms with Gasteiger partial charge in [-0.2, -0.15) is 0 Å². The van der Waals surface area contributed by atoms with E-state index in [9.17, 15) is 34.6 Å². The first-order chi connectivity index (χ1) is 38.5. The largest absolute Gasteiger partial charge is 0.478 e. The number of aryl methyl sites for hydroxylation is 2. The van der Waals surface area contributed by atoms with Crippen molar-refractivity contribution in [1.29, 1.82) is 0 Å². The fourth-order valence-corrected chi connectivity index (χ4v) is 12.1. The molecule has 20 nitrogen and oxygen atoms in total. The minimum absolute atomic E-state index is 0.0210. The number of azide groups is 2. The molecule has 0 radical (unpaired) electrons. The van der Waals surface area contributed by atoms with Gasteiger partial charge in [0.2, 0.25) is 17.2 Å². The Morgan fingerprint density at radius 3 is 2.24 bits per heavy atom. The number of rotatable bonds is 19. The summed E-state index contributed by atoms with van der Waals surface area (Å²) in [7, 11) is 0. The molecule has 5 aromatic rings. The molecule has 0 unspecified atom stereocenters. The zero-order valence-electron chi connectivity index (χ0n) is 44.1. The highest BCUT2D eigenvalue weighted by Gasteiger charge is 2.36. The number of carboxylic acids is 1. The summed E-state index contributed by atoms with van der Waals surface area (Å²) in [5, 5.41) is 35.0. The molecule has 0 saturated heterocycles. The summed E-state index contributed by atoms with van der Waals surface area (Å²) < 4.78 is 9.79. The lowest BCUT2D eigenvalue weighted by molar-refractivity contribution is -0.129. The predicted molar refractivity (Wildman–Crippen MR) is 297 cm³/mol. The number of carbonyl (C=O) groups is 5. The minimum atomic E-state index is -1.12. The molecule has 20 heteroatoms. The Bertz CT molecular complexity index is 3510. The van der Waals surface area contributed by atoms with Crippen LogP contribution in [-0.4, -0.2) is 84.1 Å². The normalized spacial score (nSPS) is 14.7. The van der Waals surface area contributed by atoms with Gasteiger partial charge >= 0.3 is 5.97 Å². The van der Waals surface area contributed by atoms with E-state index in [1.54, 1.807) is 41.9 Å². The van der Waals surface area contributed by atoms with Crippen LogP contribution in [0.4, 0.5) is 22.7 Å². The van der Waals surface area contributed by atoms with Crippen molar-refractivity contribution in [2.45, 2.75) is 109 Å². The highest BCUT2D eigenvalue weighted by Crippen LogP contribution is 2.48. The number of unbranched alkanes of at least 4 members (excludes halogenated alkanes) is 3. The van der Waals surface area contributed by atoms with E-state index in [0.717, 1.165) is 142 Å². The van der Waals surface area contributed by atoms with Gasteiger partial charge < -0.3 is 30.3 Å². The van der Waals surface area contributed by atoms with Gasteiger partial charge in [0.25, 0.3) is 11.8 Å². The van der Waals surface area contributed by atoms with Crippen LogP contribution in [0.1, 0.15) is 147 Å². The summed E-state index contributed by atoms with van der Waals surface area (Å²) in [6.45, 7) is 3.77. The summed E-state index contributed by atoms with van der Waals surface area (Å²) in [6.07, 6.45) is 12.7. The fourth-order valence-electron chi connectivity index (χ4n) is 12.1. The van der Waals surface area contributed by atoms with E-state index < -0.39 is 23.7 Å². The molecule has 79 heavy (non-hydrogen) atoms. The van der Waals surface area contributed by atoms with Crippen molar-refractivity contribution in [2.24, 2.45) is 10.2 Å². The monoisotopic (exact) mass is 1070 g/mol. The second-order valence-electron chi connectivity index (χ2n) is 20.9. The predicted octanol–water partition coefficient (Wildman–Crippen LogP) is 9.34. The number of fused-ring (bicyclic) bond motifs is 4. The molecule has 0 spiro atoms. The van der Waals surface area contributed by atoms with Crippen molar-refractivity contribution in [3.63, 3.8) is 0 Å². The number of hydrogen-bond donors (Lipinski definition) is 5. The van der Waals surface area contributed by atoms with E-state index in [-0.39, 0.29) is 66.4 Å². The van der Waals surface area contributed by atoms with Crippen LogP contribution in [-0.2, 0) is 41.8 Å². The van der Waals surface area contributed by atoms with Gasteiger partial charge in [0.05, 0.1) is 11.1 Å². The Balaban J connectivity index is 0.956. The number of aromatic carboxylic acids is 1. The molecular weight excluding hydrogens is 1000 g/mol.